The van der Waals surface area contributed by atoms with Gasteiger partial charge in [0.15, 0.2) is 6.10 Å². The molecule has 182 valence electrons. The summed E-state index contributed by atoms with van der Waals surface area (Å²) >= 11 is 3.63. The van der Waals surface area contributed by atoms with Crippen molar-refractivity contribution >= 4 is 52.1 Å². The number of fused-ring (bicyclic) bond motifs is 1. The average molecular weight is 610 g/mol. The number of nitrogens with zero attached hydrogens (tertiary/aromatic N) is 1. The number of β-lactam (4-membered cyclic amide) rings is 1. The van der Waals surface area contributed by atoms with Gasteiger partial charge >= 0.3 is 5.97 Å². The highest BCUT2D eigenvalue weighted by molar-refractivity contribution is 14.1. The molecule has 36 heavy (non-hydrogen) atoms. The first-order valence-electron chi connectivity index (χ1n) is 11.5. The van der Waals surface area contributed by atoms with E-state index in [0.717, 1.165) is 20.3 Å². The van der Waals surface area contributed by atoms with E-state index in [1.165, 1.54) is 16.7 Å². The highest BCUT2D eigenvalue weighted by Gasteiger charge is 2.54. The highest BCUT2D eigenvalue weighted by atomic mass is 127. The van der Waals surface area contributed by atoms with Crippen LogP contribution in [0.15, 0.2) is 100 Å². The zero-order chi connectivity index (χ0) is 25.1. The van der Waals surface area contributed by atoms with Crippen LogP contribution in [0.4, 0.5) is 0 Å². The van der Waals surface area contributed by atoms with Crippen molar-refractivity contribution in [3.63, 3.8) is 0 Å². The molecule has 5 rings (SSSR count). The highest BCUT2D eigenvalue weighted by Crippen LogP contribution is 2.43. The molecule has 2 heterocycles. The predicted octanol–water partition coefficient (Wildman–Crippen LogP) is 4.61. The van der Waals surface area contributed by atoms with E-state index in [2.05, 4.69) is 27.9 Å². The fourth-order valence-electron chi connectivity index (χ4n) is 4.32. The molecule has 2 aliphatic rings. The second-order valence-electron chi connectivity index (χ2n) is 8.48. The minimum Gasteiger partial charge on any atom is -0.448 e. The molecule has 2 aliphatic heterocycles. The van der Waals surface area contributed by atoms with E-state index in [9.17, 15) is 14.4 Å². The third kappa shape index (κ3) is 5.05. The fourth-order valence-corrected chi connectivity index (χ4v) is 6.53. The zero-order valence-electron chi connectivity index (χ0n) is 19.2. The normalized spacial score (nSPS) is 18.9. The van der Waals surface area contributed by atoms with Gasteiger partial charge in [0.05, 0.1) is 6.42 Å². The van der Waals surface area contributed by atoms with E-state index < -0.39 is 18.1 Å². The first-order chi connectivity index (χ1) is 17.5. The molecule has 6 nitrogen and oxygen atoms in total. The summed E-state index contributed by atoms with van der Waals surface area (Å²) in [6.07, 6.45) is -0.414. The first kappa shape index (κ1) is 24.6. The molecule has 1 fully saturated rings. The van der Waals surface area contributed by atoms with Crippen molar-refractivity contribution in [2.75, 3.05) is 5.75 Å². The van der Waals surface area contributed by atoms with Gasteiger partial charge in [0.2, 0.25) is 5.91 Å². The molecule has 1 N–H and O–H groups in total. The Morgan fingerprint density at radius 1 is 0.944 bits per heavy atom. The summed E-state index contributed by atoms with van der Waals surface area (Å²) in [7, 11) is 0. The van der Waals surface area contributed by atoms with E-state index in [1.807, 2.05) is 91.0 Å². The van der Waals surface area contributed by atoms with Gasteiger partial charge in [0.25, 0.3) is 5.91 Å². The van der Waals surface area contributed by atoms with E-state index >= 15 is 0 Å². The molecule has 3 aromatic carbocycles. The second kappa shape index (κ2) is 10.9. The summed E-state index contributed by atoms with van der Waals surface area (Å²) in [5.41, 5.74) is 2.82. The van der Waals surface area contributed by atoms with E-state index in [1.54, 1.807) is 0 Å². The maximum atomic E-state index is 13.5. The van der Waals surface area contributed by atoms with Crippen LogP contribution in [0.2, 0.25) is 0 Å². The van der Waals surface area contributed by atoms with Crippen molar-refractivity contribution in [3.8, 4) is 0 Å². The predicted molar refractivity (Wildman–Crippen MR) is 147 cm³/mol. The quantitative estimate of drug-likeness (QED) is 0.241. The first-order valence-corrected chi connectivity index (χ1v) is 13.6. The number of benzene rings is 3. The number of ether oxygens (including phenoxy) is 1. The topological polar surface area (TPSA) is 75.7 Å². The number of halogens is 1. The molecular weight excluding hydrogens is 587 g/mol. The molecule has 0 aliphatic carbocycles. The zero-order valence-corrected chi connectivity index (χ0v) is 22.1. The number of carbonyl (C=O) groups is 3. The Morgan fingerprint density at radius 2 is 1.50 bits per heavy atom. The lowest BCUT2D eigenvalue weighted by molar-refractivity contribution is -0.154. The minimum absolute atomic E-state index is 0.195. The number of hydrogen-bond acceptors (Lipinski definition) is 5. The largest absolute Gasteiger partial charge is 0.448 e. The Labute approximate surface area is 227 Å². The Kier molecular flexibility index (Phi) is 7.43. The summed E-state index contributed by atoms with van der Waals surface area (Å²) < 4.78 is 6.79. The lowest BCUT2D eigenvalue weighted by atomic mass is 10.0. The Bertz CT molecular complexity index is 1260. The van der Waals surface area contributed by atoms with Gasteiger partial charge < -0.3 is 10.1 Å². The van der Waals surface area contributed by atoms with Crippen LogP contribution < -0.4 is 5.32 Å². The molecule has 0 radical (unpaired) electrons. The van der Waals surface area contributed by atoms with Crippen LogP contribution in [0.25, 0.3) is 0 Å². The van der Waals surface area contributed by atoms with Crippen molar-refractivity contribution in [3.05, 3.63) is 117 Å². The Balaban J connectivity index is 1.32. The third-order valence-electron chi connectivity index (χ3n) is 6.07. The molecule has 0 aromatic heterocycles. The van der Waals surface area contributed by atoms with Crippen molar-refractivity contribution < 1.29 is 19.1 Å². The van der Waals surface area contributed by atoms with E-state index in [0.29, 0.717) is 5.75 Å². The molecule has 1 unspecified atom stereocenters. The number of nitrogens with one attached hydrogen (secondary N) is 1. The summed E-state index contributed by atoms with van der Waals surface area (Å²) in [6, 6.07) is 27.8. The van der Waals surface area contributed by atoms with Gasteiger partial charge in [-0.2, -0.15) is 0 Å². The van der Waals surface area contributed by atoms with Crippen LogP contribution in [0.5, 0.6) is 0 Å². The van der Waals surface area contributed by atoms with E-state index in [4.69, 9.17) is 4.74 Å². The summed E-state index contributed by atoms with van der Waals surface area (Å²) in [5, 5.41) is 2.51. The van der Waals surface area contributed by atoms with Crippen LogP contribution in [0.1, 0.15) is 22.8 Å². The van der Waals surface area contributed by atoms with Crippen LogP contribution >= 0.6 is 34.4 Å². The lowest BCUT2D eigenvalue weighted by Crippen LogP contribution is -2.70. The van der Waals surface area contributed by atoms with Crippen molar-refractivity contribution in [2.45, 2.75) is 23.9 Å². The number of carbonyl (C=O) groups excluding carboxylic acids is 3. The van der Waals surface area contributed by atoms with Gasteiger partial charge in [-0.05, 0) is 39.3 Å². The minimum atomic E-state index is -0.669. The van der Waals surface area contributed by atoms with Crippen LogP contribution in [0.3, 0.4) is 0 Å². The third-order valence-corrected chi connectivity index (χ3v) is 8.76. The Morgan fingerprint density at radius 3 is 2.08 bits per heavy atom. The Hall–Kier alpha value is -3.11. The monoisotopic (exact) mass is 610 g/mol. The van der Waals surface area contributed by atoms with Gasteiger partial charge in [-0.25, -0.2) is 4.79 Å². The fraction of sp³-hybridized carbons (Fsp3) is 0.179. The number of hydrogen-bond donors (Lipinski definition) is 1. The number of amides is 2. The smallest absolute Gasteiger partial charge is 0.356 e. The summed E-state index contributed by atoms with van der Waals surface area (Å²) in [6.45, 7) is 0. The molecule has 1 saturated heterocycles. The number of rotatable bonds is 7. The van der Waals surface area contributed by atoms with Gasteiger partial charge in [-0.1, -0.05) is 91.0 Å². The maximum absolute atomic E-state index is 13.5. The molecule has 8 heteroatoms. The number of thioether (sulfide) groups is 1. The maximum Gasteiger partial charge on any atom is 0.356 e. The summed E-state index contributed by atoms with van der Waals surface area (Å²) in [5.74, 6) is -0.511. The van der Waals surface area contributed by atoms with Gasteiger partial charge in [0.1, 0.15) is 17.1 Å². The molecule has 0 spiro atoms. The van der Waals surface area contributed by atoms with Gasteiger partial charge in [-0.3, -0.25) is 14.5 Å². The van der Waals surface area contributed by atoms with Crippen LogP contribution in [0, 0.1) is 0 Å². The molecule has 2 amide bonds. The van der Waals surface area contributed by atoms with Gasteiger partial charge in [-0.15, -0.1) is 11.8 Å². The van der Waals surface area contributed by atoms with Crippen LogP contribution in [-0.2, 0) is 25.5 Å². The lowest BCUT2D eigenvalue weighted by Gasteiger charge is -2.49. The van der Waals surface area contributed by atoms with Crippen molar-refractivity contribution in [1.29, 1.82) is 0 Å². The average Bonchev–Trinajstić information content (AvgIpc) is 2.91. The molecule has 0 bridgehead atoms. The number of esters is 1. The SMILES string of the molecule is O=C(Cc1ccccc1)NC1C(=O)N2C(C(=O)OC(c3ccccc3)c3ccccc3)=C(I)CS[C@H]12. The standard InChI is InChI=1S/C28H23IN2O4S/c29-21-17-36-27-23(30-22(32)16-18-10-4-1-5-11-18)26(33)31(27)24(21)28(34)35-25(19-12-6-2-7-13-19)20-14-8-3-9-15-20/h1-15,23,25,27H,16-17H2,(H,30,32)/t23?,27-/m1/s1. The molecule has 2 atom stereocenters. The molecular formula is C28H23IN2O4S. The van der Waals surface area contributed by atoms with Crippen LogP contribution in [-0.4, -0.2) is 39.9 Å². The second-order valence-corrected chi connectivity index (χ2v) is 10.9. The van der Waals surface area contributed by atoms with Crippen molar-refractivity contribution in [1.82, 2.24) is 10.2 Å². The summed E-state index contributed by atoms with van der Waals surface area (Å²) in [4.78, 5) is 40.7. The van der Waals surface area contributed by atoms with Gasteiger partial charge in [0, 0.05) is 9.33 Å². The molecule has 3 aromatic rings. The van der Waals surface area contributed by atoms with Crippen molar-refractivity contribution in [2.24, 2.45) is 0 Å². The van der Waals surface area contributed by atoms with E-state index in [-0.39, 0.29) is 29.3 Å². The molecule has 0 saturated carbocycles.